The molecular formula is C16H18N4O2S. The molecule has 0 unspecified atom stereocenters. The van der Waals surface area contributed by atoms with Crippen LogP contribution >= 0.6 is 11.3 Å². The first-order valence-electron chi connectivity index (χ1n) is 7.55. The molecule has 1 aromatic heterocycles. The molecule has 120 valence electrons. The van der Waals surface area contributed by atoms with Gasteiger partial charge in [-0.25, -0.2) is 0 Å². The quantitative estimate of drug-likeness (QED) is 0.914. The van der Waals surface area contributed by atoms with E-state index in [2.05, 4.69) is 27.6 Å². The Bertz CT molecular complexity index is 729. The molecule has 7 heteroatoms. The Hall–Kier alpha value is -2.28. The Balaban J connectivity index is 1.66. The van der Waals surface area contributed by atoms with Crippen LogP contribution in [0, 0.1) is 0 Å². The van der Waals surface area contributed by atoms with Crippen LogP contribution in [-0.4, -0.2) is 27.4 Å². The standard InChI is InChI=1S/C16H18N4O2S/c1-3-7-13-18-19-15(23-13)17-14(21)16(2)10-12(20-22-16)11-8-5-4-6-9-11/h4-6,8-9H,3,7,10H2,1-2H3,(H,17,19,21)/t16-/m0/s1. The third-order valence-corrected chi connectivity index (χ3v) is 4.50. The number of hydrogen-bond acceptors (Lipinski definition) is 6. The van der Waals surface area contributed by atoms with Crippen molar-refractivity contribution in [1.82, 2.24) is 10.2 Å². The minimum absolute atomic E-state index is 0.258. The smallest absolute Gasteiger partial charge is 0.273 e. The van der Waals surface area contributed by atoms with Crippen molar-refractivity contribution in [2.45, 2.75) is 38.7 Å². The number of nitrogens with zero attached hydrogens (tertiary/aromatic N) is 3. The highest BCUT2D eigenvalue weighted by atomic mass is 32.1. The van der Waals surface area contributed by atoms with Crippen molar-refractivity contribution in [2.75, 3.05) is 5.32 Å². The summed E-state index contributed by atoms with van der Waals surface area (Å²) in [6.07, 6.45) is 2.28. The van der Waals surface area contributed by atoms with Gasteiger partial charge in [-0.15, -0.1) is 10.2 Å². The minimum Gasteiger partial charge on any atom is -0.379 e. The highest BCUT2D eigenvalue weighted by Crippen LogP contribution is 2.28. The summed E-state index contributed by atoms with van der Waals surface area (Å²) in [4.78, 5) is 17.9. The summed E-state index contributed by atoms with van der Waals surface area (Å²) in [7, 11) is 0. The van der Waals surface area contributed by atoms with Gasteiger partial charge in [0.2, 0.25) is 10.7 Å². The molecule has 2 aromatic rings. The second kappa shape index (κ2) is 6.45. The Morgan fingerprint density at radius 2 is 2.13 bits per heavy atom. The van der Waals surface area contributed by atoms with Gasteiger partial charge in [-0.2, -0.15) is 0 Å². The van der Waals surface area contributed by atoms with Gasteiger partial charge < -0.3 is 4.84 Å². The molecule has 1 aromatic carbocycles. The summed E-state index contributed by atoms with van der Waals surface area (Å²) < 4.78 is 0. The van der Waals surface area contributed by atoms with Gasteiger partial charge in [0, 0.05) is 12.8 Å². The van der Waals surface area contributed by atoms with Gasteiger partial charge in [-0.3, -0.25) is 10.1 Å². The number of nitrogens with one attached hydrogen (secondary N) is 1. The van der Waals surface area contributed by atoms with E-state index in [1.807, 2.05) is 30.3 Å². The maximum absolute atomic E-state index is 12.5. The van der Waals surface area contributed by atoms with E-state index < -0.39 is 5.60 Å². The van der Waals surface area contributed by atoms with Crippen molar-refractivity contribution in [3.05, 3.63) is 40.9 Å². The third kappa shape index (κ3) is 3.39. The molecular weight excluding hydrogens is 312 g/mol. The van der Waals surface area contributed by atoms with Crippen LogP contribution in [0.3, 0.4) is 0 Å². The van der Waals surface area contributed by atoms with E-state index in [1.165, 1.54) is 11.3 Å². The van der Waals surface area contributed by atoms with Crippen LogP contribution in [0.4, 0.5) is 5.13 Å². The average molecular weight is 330 g/mol. The second-order valence-electron chi connectivity index (χ2n) is 5.61. The van der Waals surface area contributed by atoms with Crippen LogP contribution in [0.2, 0.25) is 0 Å². The number of aromatic nitrogens is 2. The van der Waals surface area contributed by atoms with E-state index in [-0.39, 0.29) is 5.91 Å². The summed E-state index contributed by atoms with van der Waals surface area (Å²) in [6, 6.07) is 9.71. The van der Waals surface area contributed by atoms with E-state index in [0.717, 1.165) is 29.1 Å². The first-order chi connectivity index (χ1) is 11.1. The first-order valence-corrected chi connectivity index (χ1v) is 8.36. The monoisotopic (exact) mass is 330 g/mol. The molecule has 1 aliphatic heterocycles. The summed E-state index contributed by atoms with van der Waals surface area (Å²) in [5.74, 6) is -0.258. The topological polar surface area (TPSA) is 76.5 Å². The molecule has 0 saturated heterocycles. The Morgan fingerprint density at radius 3 is 2.87 bits per heavy atom. The first kappa shape index (κ1) is 15.6. The zero-order chi connectivity index (χ0) is 16.3. The van der Waals surface area contributed by atoms with E-state index in [9.17, 15) is 4.79 Å². The lowest BCUT2D eigenvalue weighted by atomic mass is 9.95. The van der Waals surface area contributed by atoms with Gasteiger partial charge >= 0.3 is 0 Å². The SMILES string of the molecule is CCCc1nnc(NC(=O)[C@]2(C)CC(c3ccccc3)=NO2)s1. The molecule has 1 amide bonds. The second-order valence-corrected chi connectivity index (χ2v) is 6.67. The molecule has 0 saturated carbocycles. The van der Waals surface area contributed by atoms with Crippen LogP contribution in [0.5, 0.6) is 0 Å². The maximum Gasteiger partial charge on any atom is 0.273 e. The fourth-order valence-electron chi connectivity index (χ4n) is 2.30. The summed E-state index contributed by atoms with van der Waals surface area (Å²) in [5, 5.41) is 16.3. The fourth-order valence-corrected chi connectivity index (χ4v) is 3.13. The van der Waals surface area contributed by atoms with E-state index in [0.29, 0.717) is 11.6 Å². The van der Waals surface area contributed by atoms with Gasteiger partial charge in [0.1, 0.15) is 5.01 Å². The van der Waals surface area contributed by atoms with Crippen LogP contribution in [0.25, 0.3) is 0 Å². The van der Waals surface area contributed by atoms with Crippen molar-refractivity contribution < 1.29 is 9.63 Å². The summed E-state index contributed by atoms with van der Waals surface area (Å²) >= 11 is 1.39. The molecule has 0 radical (unpaired) electrons. The van der Waals surface area contributed by atoms with E-state index >= 15 is 0 Å². The molecule has 0 aliphatic carbocycles. The maximum atomic E-state index is 12.5. The van der Waals surface area contributed by atoms with Crippen LogP contribution < -0.4 is 5.32 Å². The minimum atomic E-state index is -1.03. The molecule has 1 N–H and O–H groups in total. The molecule has 1 atom stereocenters. The average Bonchev–Trinajstić information content (AvgIpc) is 3.16. The lowest BCUT2D eigenvalue weighted by Crippen LogP contribution is -2.40. The van der Waals surface area contributed by atoms with Gasteiger partial charge in [0.25, 0.3) is 5.91 Å². The largest absolute Gasteiger partial charge is 0.379 e. The number of aryl methyl sites for hydroxylation is 1. The molecule has 1 aliphatic rings. The number of carbonyl (C=O) groups is 1. The number of hydrogen-bond donors (Lipinski definition) is 1. The number of benzene rings is 1. The Kier molecular flexibility index (Phi) is 4.38. The zero-order valence-corrected chi connectivity index (χ0v) is 13.9. The molecule has 6 nitrogen and oxygen atoms in total. The highest BCUT2D eigenvalue weighted by Gasteiger charge is 2.42. The van der Waals surface area contributed by atoms with Crippen molar-refractivity contribution in [3.63, 3.8) is 0 Å². The molecule has 0 bridgehead atoms. The molecule has 23 heavy (non-hydrogen) atoms. The van der Waals surface area contributed by atoms with Crippen LogP contribution in [0.15, 0.2) is 35.5 Å². The molecule has 3 rings (SSSR count). The number of amides is 1. The lowest BCUT2D eigenvalue weighted by Gasteiger charge is -2.19. The van der Waals surface area contributed by atoms with Gasteiger partial charge in [0.15, 0.2) is 0 Å². The summed E-state index contributed by atoms with van der Waals surface area (Å²) in [5.41, 5.74) is 0.708. The van der Waals surface area contributed by atoms with E-state index in [1.54, 1.807) is 6.92 Å². The molecule has 0 spiro atoms. The lowest BCUT2D eigenvalue weighted by molar-refractivity contribution is -0.135. The van der Waals surface area contributed by atoms with Crippen LogP contribution in [0.1, 0.15) is 37.3 Å². The van der Waals surface area contributed by atoms with Gasteiger partial charge in [-0.1, -0.05) is 53.7 Å². The number of rotatable bonds is 5. The van der Waals surface area contributed by atoms with Crippen molar-refractivity contribution >= 4 is 28.1 Å². The van der Waals surface area contributed by atoms with Gasteiger partial charge in [-0.05, 0) is 18.9 Å². The third-order valence-electron chi connectivity index (χ3n) is 3.60. The van der Waals surface area contributed by atoms with Crippen molar-refractivity contribution in [3.8, 4) is 0 Å². The normalized spacial score (nSPS) is 20.0. The number of carbonyl (C=O) groups excluding carboxylic acids is 1. The molecule has 0 fully saturated rings. The van der Waals surface area contributed by atoms with Crippen molar-refractivity contribution in [1.29, 1.82) is 0 Å². The van der Waals surface area contributed by atoms with Crippen LogP contribution in [-0.2, 0) is 16.1 Å². The Morgan fingerprint density at radius 1 is 1.35 bits per heavy atom. The zero-order valence-electron chi connectivity index (χ0n) is 13.1. The fraction of sp³-hybridized carbons (Fsp3) is 0.375. The van der Waals surface area contributed by atoms with Gasteiger partial charge in [0.05, 0.1) is 5.71 Å². The summed E-state index contributed by atoms with van der Waals surface area (Å²) in [6.45, 7) is 3.81. The Labute approximate surface area is 138 Å². The predicted molar refractivity (Wildman–Crippen MR) is 89.6 cm³/mol. The predicted octanol–water partition coefficient (Wildman–Crippen LogP) is 3.01. The molecule has 2 heterocycles. The van der Waals surface area contributed by atoms with E-state index in [4.69, 9.17) is 4.84 Å². The highest BCUT2D eigenvalue weighted by molar-refractivity contribution is 7.15. The number of anilines is 1. The number of oxime groups is 1. The van der Waals surface area contributed by atoms with Crippen molar-refractivity contribution in [2.24, 2.45) is 5.16 Å².